The van der Waals surface area contributed by atoms with Crippen LogP contribution in [0.2, 0.25) is 0 Å². The summed E-state index contributed by atoms with van der Waals surface area (Å²) in [4.78, 5) is 18.5. The second kappa shape index (κ2) is 7.39. The summed E-state index contributed by atoms with van der Waals surface area (Å²) in [5.74, 6) is 0.803. The number of nitrogens with one attached hydrogen (secondary N) is 1. The average Bonchev–Trinajstić information content (AvgIpc) is 3.05. The van der Waals surface area contributed by atoms with Crippen molar-refractivity contribution in [2.45, 2.75) is 20.4 Å². The van der Waals surface area contributed by atoms with Gasteiger partial charge in [-0.15, -0.1) is 5.10 Å². The molecular weight excluding hydrogens is 326 g/mol. The van der Waals surface area contributed by atoms with Crippen molar-refractivity contribution in [2.24, 2.45) is 0 Å². The highest BCUT2D eigenvalue weighted by atomic mass is 16.2. The minimum absolute atomic E-state index is 0.179. The SMILES string of the molecule is CC(=O)n1nc(-c2ccc(C)cc2)nc1NCc1ccc(N(C)C)cc1. The highest BCUT2D eigenvalue weighted by molar-refractivity contribution is 5.79. The highest BCUT2D eigenvalue weighted by Gasteiger charge is 2.14. The van der Waals surface area contributed by atoms with Crippen molar-refractivity contribution in [3.05, 3.63) is 59.7 Å². The van der Waals surface area contributed by atoms with Crippen molar-refractivity contribution in [3.63, 3.8) is 0 Å². The van der Waals surface area contributed by atoms with Crippen molar-refractivity contribution < 1.29 is 4.79 Å². The molecule has 0 radical (unpaired) electrons. The molecule has 0 aliphatic heterocycles. The largest absolute Gasteiger partial charge is 0.378 e. The van der Waals surface area contributed by atoms with E-state index in [4.69, 9.17) is 0 Å². The van der Waals surface area contributed by atoms with E-state index < -0.39 is 0 Å². The van der Waals surface area contributed by atoms with Crippen LogP contribution in [0.25, 0.3) is 11.4 Å². The van der Waals surface area contributed by atoms with Gasteiger partial charge in [-0.3, -0.25) is 4.79 Å². The summed E-state index contributed by atoms with van der Waals surface area (Å²) >= 11 is 0. The van der Waals surface area contributed by atoms with Gasteiger partial charge in [0.05, 0.1) is 0 Å². The summed E-state index contributed by atoms with van der Waals surface area (Å²) in [6, 6.07) is 16.1. The molecule has 6 nitrogen and oxygen atoms in total. The van der Waals surface area contributed by atoms with Crippen LogP contribution in [-0.4, -0.2) is 34.8 Å². The Kier molecular flexibility index (Phi) is 5.02. The molecule has 26 heavy (non-hydrogen) atoms. The highest BCUT2D eigenvalue weighted by Crippen LogP contribution is 2.19. The molecule has 3 aromatic rings. The molecule has 0 aliphatic carbocycles. The van der Waals surface area contributed by atoms with E-state index in [9.17, 15) is 4.79 Å². The summed E-state index contributed by atoms with van der Waals surface area (Å²) in [7, 11) is 4.02. The second-order valence-corrected chi connectivity index (χ2v) is 6.47. The van der Waals surface area contributed by atoms with Crippen LogP contribution in [0.5, 0.6) is 0 Å². The third-order valence-corrected chi connectivity index (χ3v) is 4.12. The van der Waals surface area contributed by atoms with Crippen LogP contribution in [0, 0.1) is 6.92 Å². The first-order valence-corrected chi connectivity index (χ1v) is 8.49. The van der Waals surface area contributed by atoms with Crippen LogP contribution in [0.4, 0.5) is 11.6 Å². The van der Waals surface area contributed by atoms with E-state index in [-0.39, 0.29) is 5.91 Å². The normalized spacial score (nSPS) is 10.6. The summed E-state index contributed by atoms with van der Waals surface area (Å²) in [6.07, 6.45) is 0. The molecule has 6 heteroatoms. The molecule has 0 amide bonds. The Morgan fingerprint density at radius 1 is 1.08 bits per heavy atom. The van der Waals surface area contributed by atoms with Gasteiger partial charge in [0.2, 0.25) is 11.9 Å². The number of carbonyl (C=O) groups excluding carboxylic acids is 1. The Hall–Kier alpha value is -3.15. The van der Waals surface area contributed by atoms with E-state index in [1.54, 1.807) is 0 Å². The van der Waals surface area contributed by atoms with Crippen molar-refractivity contribution in [2.75, 3.05) is 24.3 Å². The van der Waals surface area contributed by atoms with Crippen LogP contribution >= 0.6 is 0 Å². The molecule has 0 atom stereocenters. The van der Waals surface area contributed by atoms with Gasteiger partial charge in [-0.05, 0) is 24.6 Å². The maximum absolute atomic E-state index is 11.9. The van der Waals surface area contributed by atoms with Crippen LogP contribution < -0.4 is 10.2 Å². The van der Waals surface area contributed by atoms with Gasteiger partial charge in [0.15, 0.2) is 5.82 Å². The first-order chi connectivity index (χ1) is 12.4. The van der Waals surface area contributed by atoms with Gasteiger partial charge in [0.1, 0.15) is 0 Å². The summed E-state index contributed by atoms with van der Waals surface area (Å²) < 4.78 is 1.31. The third kappa shape index (κ3) is 3.91. The molecule has 0 fully saturated rings. The van der Waals surface area contributed by atoms with Crippen molar-refractivity contribution >= 4 is 17.5 Å². The molecule has 0 saturated carbocycles. The second-order valence-electron chi connectivity index (χ2n) is 6.47. The lowest BCUT2D eigenvalue weighted by Crippen LogP contribution is -2.13. The van der Waals surface area contributed by atoms with Gasteiger partial charge in [-0.25, -0.2) is 0 Å². The number of rotatable bonds is 5. The number of hydrogen-bond acceptors (Lipinski definition) is 5. The molecule has 3 rings (SSSR count). The molecule has 1 N–H and O–H groups in total. The number of benzene rings is 2. The molecule has 0 saturated heterocycles. The molecular formula is C20H23N5O. The van der Waals surface area contributed by atoms with Gasteiger partial charge < -0.3 is 10.2 Å². The number of aromatic nitrogens is 3. The lowest BCUT2D eigenvalue weighted by Gasteiger charge is -2.13. The standard InChI is InChI=1S/C20H23N5O/c1-14-5-9-17(10-6-14)19-22-20(25(23-19)15(2)26)21-13-16-7-11-18(12-8-16)24(3)4/h5-12H,13H2,1-4H3,(H,21,22,23). The number of aryl methyl sites for hydroxylation is 1. The molecule has 0 aliphatic rings. The van der Waals surface area contributed by atoms with E-state index in [0.717, 1.165) is 16.8 Å². The first-order valence-electron chi connectivity index (χ1n) is 8.49. The fourth-order valence-electron chi connectivity index (χ4n) is 2.56. The van der Waals surface area contributed by atoms with Gasteiger partial charge >= 0.3 is 0 Å². The molecule has 0 bridgehead atoms. The van der Waals surface area contributed by atoms with Crippen LogP contribution in [0.15, 0.2) is 48.5 Å². The zero-order valence-electron chi connectivity index (χ0n) is 15.5. The van der Waals surface area contributed by atoms with Crippen molar-refractivity contribution in [1.82, 2.24) is 14.8 Å². The topological polar surface area (TPSA) is 63.1 Å². The van der Waals surface area contributed by atoms with Crippen LogP contribution in [0.3, 0.4) is 0 Å². The van der Waals surface area contributed by atoms with E-state index in [0.29, 0.717) is 18.3 Å². The smallest absolute Gasteiger partial charge is 0.246 e. The van der Waals surface area contributed by atoms with Gasteiger partial charge in [-0.2, -0.15) is 9.67 Å². The lowest BCUT2D eigenvalue weighted by molar-refractivity contribution is 0.0924. The summed E-state index contributed by atoms with van der Waals surface area (Å²) in [5.41, 5.74) is 4.29. The van der Waals surface area contributed by atoms with Gasteiger partial charge in [-0.1, -0.05) is 42.0 Å². The van der Waals surface area contributed by atoms with Crippen LogP contribution in [0.1, 0.15) is 22.8 Å². The number of carbonyl (C=O) groups is 1. The van der Waals surface area contributed by atoms with E-state index >= 15 is 0 Å². The quantitative estimate of drug-likeness (QED) is 0.763. The van der Waals surface area contributed by atoms with Gasteiger partial charge in [0, 0.05) is 38.8 Å². The Balaban J connectivity index is 1.80. The predicted octanol–water partition coefficient (Wildman–Crippen LogP) is 3.59. The zero-order chi connectivity index (χ0) is 18.7. The molecule has 0 unspecified atom stereocenters. The summed E-state index contributed by atoms with van der Waals surface area (Å²) in [6.45, 7) is 4.07. The van der Waals surface area contributed by atoms with Gasteiger partial charge in [0.25, 0.3) is 0 Å². The fourth-order valence-corrected chi connectivity index (χ4v) is 2.56. The molecule has 2 aromatic carbocycles. The molecule has 1 aromatic heterocycles. The Labute approximate surface area is 153 Å². The molecule has 1 heterocycles. The Bertz CT molecular complexity index is 895. The van der Waals surface area contributed by atoms with E-state index in [2.05, 4.69) is 44.6 Å². The number of nitrogens with zero attached hydrogens (tertiary/aromatic N) is 4. The van der Waals surface area contributed by atoms with E-state index in [1.165, 1.54) is 17.2 Å². The van der Waals surface area contributed by atoms with E-state index in [1.807, 2.05) is 45.3 Å². The van der Waals surface area contributed by atoms with Crippen LogP contribution in [-0.2, 0) is 6.54 Å². The fraction of sp³-hybridized carbons (Fsp3) is 0.250. The maximum Gasteiger partial charge on any atom is 0.246 e. The third-order valence-electron chi connectivity index (χ3n) is 4.12. The predicted molar refractivity (Wildman–Crippen MR) is 105 cm³/mol. The minimum atomic E-state index is -0.179. The molecule has 134 valence electrons. The first kappa shape index (κ1) is 17.7. The monoisotopic (exact) mass is 349 g/mol. The van der Waals surface area contributed by atoms with Crippen molar-refractivity contribution in [1.29, 1.82) is 0 Å². The average molecular weight is 349 g/mol. The minimum Gasteiger partial charge on any atom is -0.378 e. The Morgan fingerprint density at radius 3 is 2.31 bits per heavy atom. The number of anilines is 2. The lowest BCUT2D eigenvalue weighted by atomic mass is 10.1. The molecule has 0 spiro atoms. The number of hydrogen-bond donors (Lipinski definition) is 1. The summed E-state index contributed by atoms with van der Waals surface area (Å²) in [5, 5.41) is 7.56. The van der Waals surface area contributed by atoms with Crippen molar-refractivity contribution in [3.8, 4) is 11.4 Å². The Morgan fingerprint density at radius 2 is 1.73 bits per heavy atom. The zero-order valence-corrected chi connectivity index (χ0v) is 15.5. The maximum atomic E-state index is 11.9.